The largest absolute Gasteiger partial charge is 0.466 e. The van der Waals surface area contributed by atoms with Crippen LogP contribution in [0.1, 0.15) is 45.4 Å². The van der Waals surface area contributed by atoms with Gasteiger partial charge in [-0.2, -0.15) is 0 Å². The molecule has 1 heterocycles. The topological polar surface area (TPSA) is 47.6 Å². The molecular weight excluding hydrogens is 218 g/mol. The van der Waals surface area contributed by atoms with Crippen LogP contribution in [0.5, 0.6) is 0 Å². The molecular formula is C13H25NO3. The zero-order chi connectivity index (χ0) is 12.3. The van der Waals surface area contributed by atoms with Gasteiger partial charge in [-0.3, -0.25) is 4.79 Å². The number of unbranched alkanes of at least 4 members (excludes halogenated alkanes) is 4. The van der Waals surface area contributed by atoms with E-state index in [1.165, 1.54) is 19.3 Å². The molecule has 1 saturated heterocycles. The summed E-state index contributed by atoms with van der Waals surface area (Å²) >= 11 is 0. The summed E-state index contributed by atoms with van der Waals surface area (Å²) < 4.78 is 10.6. The Morgan fingerprint density at radius 1 is 1.35 bits per heavy atom. The molecule has 1 fully saturated rings. The first kappa shape index (κ1) is 14.5. The summed E-state index contributed by atoms with van der Waals surface area (Å²) in [5.74, 6) is -0.130. The van der Waals surface area contributed by atoms with Crippen molar-refractivity contribution in [3.05, 3.63) is 0 Å². The van der Waals surface area contributed by atoms with E-state index >= 15 is 0 Å². The minimum atomic E-state index is -0.130. The SMILES string of the molecule is CCCCCCCOC(=O)CC1CNCCO1. The minimum absolute atomic E-state index is 0.00339. The summed E-state index contributed by atoms with van der Waals surface area (Å²) in [6.45, 7) is 5.07. The highest BCUT2D eigenvalue weighted by Crippen LogP contribution is 2.05. The standard InChI is InChI=1S/C13H25NO3/c1-2-3-4-5-6-8-17-13(15)10-12-11-14-7-9-16-12/h12,14H,2-11H2,1H3. The van der Waals surface area contributed by atoms with Crippen LogP contribution in [0.2, 0.25) is 0 Å². The van der Waals surface area contributed by atoms with Gasteiger partial charge in [-0.25, -0.2) is 0 Å². The molecule has 100 valence electrons. The average Bonchev–Trinajstić information content (AvgIpc) is 2.35. The molecule has 0 spiro atoms. The molecule has 1 unspecified atom stereocenters. The van der Waals surface area contributed by atoms with E-state index in [1.807, 2.05) is 0 Å². The van der Waals surface area contributed by atoms with Crippen molar-refractivity contribution in [3.63, 3.8) is 0 Å². The van der Waals surface area contributed by atoms with Crippen LogP contribution in [0.25, 0.3) is 0 Å². The van der Waals surface area contributed by atoms with Gasteiger partial charge in [-0.15, -0.1) is 0 Å². The van der Waals surface area contributed by atoms with Gasteiger partial charge in [-0.05, 0) is 6.42 Å². The predicted molar refractivity (Wildman–Crippen MR) is 66.9 cm³/mol. The number of morpholine rings is 1. The van der Waals surface area contributed by atoms with Gasteiger partial charge in [0.05, 0.1) is 25.7 Å². The molecule has 0 aliphatic carbocycles. The minimum Gasteiger partial charge on any atom is -0.466 e. The second-order valence-corrected chi connectivity index (χ2v) is 4.54. The summed E-state index contributed by atoms with van der Waals surface area (Å²) in [6.07, 6.45) is 6.27. The lowest BCUT2D eigenvalue weighted by Gasteiger charge is -2.22. The molecule has 1 atom stereocenters. The molecule has 4 nitrogen and oxygen atoms in total. The van der Waals surface area contributed by atoms with E-state index in [0.717, 1.165) is 25.9 Å². The van der Waals surface area contributed by atoms with Crippen molar-refractivity contribution in [1.82, 2.24) is 5.32 Å². The maximum Gasteiger partial charge on any atom is 0.308 e. The zero-order valence-electron chi connectivity index (χ0n) is 10.9. The maximum atomic E-state index is 11.5. The predicted octanol–water partition coefficient (Wildman–Crippen LogP) is 1.88. The number of hydrogen-bond donors (Lipinski definition) is 1. The van der Waals surface area contributed by atoms with Gasteiger partial charge < -0.3 is 14.8 Å². The Bertz CT molecular complexity index is 203. The molecule has 0 aromatic rings. The third-order valence-corrected chi connectivity index (χ3v) is 2.91. The Labute approximate surface area is 104 Å². The summed E-state index contributed by atoms with van der Waals surface area (Å²) in [7, 11) is 0. The van der Waals surface area contributed by atoms with Crippen LogP contribution in [0.3, 0.4) is 0 Å². The Kier molecular flexibility index (Phi) is 8.01. The third-order valence-electron chi connectivity index (χ3n) is 2.91. The van der Waals surface area contributed by atoms with E-state index in [4.69, 9.17) is 9.47 Å². The lowest BCUT2D eigenvalue weighted by atomic mass is 10.2. The summed E-state index contributed by atoms with van der Waals surface area (Å²) in [4.78, 5) is 11.5. The highest BCUT2D eigenvalue weighted by atomic mass is 16.5. The number of esters is 1. The van der Waals surface area contributed by atoms with Crippen molar-refractivity contribution >= 4 is 5.97 Å². The van der Waals surface area contributed by atoms with E-state index in [0.29, 0.717) is 19.6 Å². The Morgan fingerprint density at radius 2 is 2.18 bits per heavy atom. The van der Waals surface area contributed by atoms with E-state index in [2.05, 4.69) is 12.2 Å². The fourth-order valence-electron chi connectivity index (χ4n) is 1.89. The van der Waals surface area contributed by atoms with Gasteiger partial charge in [0.1, 0.15) is 0 Å². The van der Waals surface area contributed by atoms with Gasteiger partial charge >= 0.3 is 5.97 Å². The van der Waals surface area contributed by atoms with E-state index < -0.39 is 0 Å². The van der Waals surface area contributed by atoms with Crippen LogP contribution in [0.4, 0.5) is 0 Å². The van der Waals surface area contributed by atoms with E-state index in [1.54, 1.807) is 0 Å². The molecule has 0 aromatic carbocycles. The number of ether oxygens (including phenoxy) is 2. The highest BCUT2D eigenvalue weighted by molar-refractivity contribution is 5.70. The van der Waals surface area contributed by atoms with Gasteiger partial charge in [0.15, 0.2) is 0 Å². The molecule has 17 heavy (non-hydrogen) atoms. The lowest BCUT2D eigenvalue weighted by Crippen LogP contribution is -2.39. The summed E-state index contributed by atoms with van der Waals surface area (Å²) in [5, 5.41) is 3.20. The first-order valence-corrected chi connectivity index (χ1v) is 6.81. The van der Waals surface area contributed by atoms with Gasteiger partial charge in [0.25, 0.3) is 0 Å². The third kappa shape index (κ3) is 7.34. The van der Waals surface area contributed by atoms with Crippen molar-refractivity contribution in [3.8, 4) is 0 Å². The number of carbonyl (C=O) groups excluding carboxylic acids is 1. The molecule has 0 amide bonds. The van der Waals surface area contributed by atoms with Crippen molar-refractivity contribution in [2.45, 2.75) is 51.6 Å². The molecule has 0 aromatic heterocycles. The zero-order valence-corrected chi connectivity index (χ0v) is 10.9. The van der Waals surface area contributed by atoms with Crippen molar-refractivity contribution in [2.75, 3.05) is 26.3 Å². The van der Waals surface area contributed by atoms with Crippen molar-refractivity contribution in [2.24, 2.45) is 0 Å². The normalized spacial score (nSPS) is 20.2. The number of carbonyl (C=O) groups is 1. The van der Waals surface area contributed by atoms with Gasteiger partial charge in [0.2, 0.25) is 0 Å². The van der Waals surface area contributed by atoms with Crippen LogP contribution in [-0.4, -0.2) is 38.4 Å². The van der Waals surface area contributed by atoms with Crippen LogP contribution < -0.4 is 5.32 Å². The lowest BCUT2D eigenvalue weighted by molar-refractivity contribution is -0.147. The highest BCUT2D eigenvalue weighted by Gasteiger charge is 2.17. The molecule has 1 rings (SSSR count). The van der Waals surface area contributed by atoms with Gasteiger partial charge in [0, 0.05) is 13.1 Å². The van der Waals surface area contributed by atoms with Crippen molar-refractivity contribution in [1.29, 1.82) is 0 Å². The van der Waals surface area contributed by atoms with Crippen LogP contribution in [0.15, 0.2) is 0 Å². The smallest absolute Gasteiger partial charge is 0.308 e. The van der Waals surface area contributed by atoms with Crippen LogP contribution in [-0.2, 0) is 14.3 Å². The van der Waals surface area contributed by atoms with Crippen LogP contribution >= 0.6 is 0 Å². The van der Waals surface area contributed by atoms with E-state index in [-0.39, 0.29) is 12.1 Å². The molecule has 0 radical (unpaired) electrons. The molecule has 1 aliphatic rings. The Hall–Kier alpha value is -0.610. The molecule has 0 bridgehead atoms. The van der Waals surface area contributed by atoms with Crippen LogP contribution in [0, 0.1) is 0 Å². The van der Waals surface area contributed by atoms with Gasteiger partial charge in [-0.1, -0.05) is 32.6 Å². The summed E-state index contributed by atoms with van der Waals surface area (Å²) in [5.41, 5.74) is 0. The first-order valence-electron chi connectivity index (χ1n) is 6.81. The number of nitrogens with one attached hydrogen (secondary N) is 1. The first-order chi connectivity index (χ1) is 8.33. The fraction of sp³-hybridized carbons (Fsp3) is 0.923. The monoisotopic (exact) mass is 243 g/mol. The van der Waals surface area contributed by atoms with E-state index in [9.17, 15) is 4.79 Å². The second-order valence-electron chi connectivity index (χ2n) is 4.54. The molecule has 0 saturated carbocycles. The second kappa shape index (κ2) is 9.42. The number of hydrogen-bond acceptors (Lipinski definition) is 4. The maximum absolute atomic E-state index is 11.5. The quantitative estimate of drug-likeness (QED) is 0.522. The fourth-order valence-corrected chi connectivity index (χ4v) is 1.89. The molecule has 1 N–H and O–H groups in total. The summed E-state index contributed by atoms with van der Waals surface area (Å²) in [6, 6.07) is 0. The van der Waals surface area contributed by atoms with Crippen molar-refractivity contribution < 1.29 is 14.3 Å². The molecule has 4 heteroatoms. The average molecular weight is 243 g/mol. The number of rotatable bonds is 8. The Balaban J connectivity index is 1.93. The Morgan fingerprint density at radius 3 is 2.88 bits per heavy atom. The molecule has 1 aliphatic heterocycles.